The fourth-order valence-electron chi connectivity index (χ4n) is 8.09. The SMILES string of the molecule is C1=C(c2ccccc2)c2c(ccc3c(-c4cc(-c5ccc(-c6ccccc6)cc5)nc(-c5ccc(-c6ccccc6)cc5)c4)cccc23)NC1c1ccccc1. The van der Waals surface area contributed by atoms with Gasteiger partial charge < -0.3 is 5.32 Å². The zero-order valence-electron chi connectivity index (χ0n) is 30.8. The van der Waals surface area contributed by atoms with E-state index < -0.39 is 0 Å². The maximum Gasteiger partial charge on any atom is 0.0715 e. The average Bonchev–Trinajstić information content (AvgIpc) is 3.29. The minimum absolute atomic E-state index is 0.0615. The van der Waals surface area contributed by atoms with E-state index in [0.717, 1.165) is 33.8 Å². The fraction of sp³-hybridized carbons (Fsp3) is 0.0185. The van der Waals surface area contributed by atoms with Gasteiger partial charge in [-0.3, -0.25) is 0 Å². The number of anilines is 1. The molecule has 1 aromatic heterocycles. The smallest absolute Gasteiger partial charge is 0.0715 e. The molecule has 264 valence electrons. The summed E-state index contributed by atoms with van der Waals surface area (Å²) in [5, 5.41) is 6.29. The fourth-order valence-corrected chi connectivity index (χ4v) is 8.09. The molecule has 0 saturated carbocycles. The van der Waals surface area contributed by atoms with Gasteiger partial charge in [-0.1, -0.05) is 194 Å². The first kappa shape index (κ1) is 33.3. The lowest BCUT2D eigenvalue weighted by atomic mass is 9.85. The molecule has 0 amide bonds. The number of pyridine rings is 1. The van der Waals surface area contributed by atoms with Crippen LogP contribution in [0.3, 0.4) is 0 Å². The van der Waals surface area contributed by atoms with E-state index in [2.05, 4.69) is 224 Å². The van der Waals surface area contributed by atoms with Crippen molar-refractivity contribution < 1.29 is 0 Å². The summed E-state index contributed by atoms with van der Waals surface area (Å²) in [5.74, 6) is 0. The molecule has 10 rings (SSSR count). The van der Waals surface area contributed by atoms with Crippen molar-refractivity contribution in [3.8, 4) is 55.9 Å². The van der Waals surface area contributed by atoms with E-state index in [1.807, 2.05) is 0 Å². The molecule has 1 aliphatic heterocycles. The largest absolute Gasteiger partial charge is 0.374 e. The summed E-state index contributed by atoms with van der Waals surface area (Å²) in [6.07, 6.45) is 2.39. The van der Waals surface area contributed by atoms with Crippen molar-refractivity contribution in [2.75, 3.05) is 5.32 Å². The third-order valence-corrected chi connectivity index (χ3v) is 10.9. The Morgan fingerprint density at radius 2 is 0.839 bits per heavy atom. The number of nitrogens with zero attached hydrogens (tertiary/aromatic N) is 1. The van der Waals surface area contributed by atoms with Crippen molar-refractivity contribution in [2.24, 2.45) is 0 Å². The number of fused-ring (bicyclic) bond motifs is 3. The molecule has 8 aromatic carbocycles. The van der Waals surface area contributed by atoms with Crippen molar-refractivity contribution in [3.05, 3.63) is 235 Å². The molecule has 0 bridgehead atoms. The molecule has 1 aliphatic rings. The van der Waals surface area contributed by atoms with Crippen LogP contribution in [0.2, 0.25) is 0 Å². The molecule has 2 heterocycles. The van der Waals surface area contributed by atoms with Gasteiger partial charge in [-0.25, -0.2) is 4.98 Å². The normalized spacial score (nSPS) is 13.4. The third kappa shape index (κ3) is 6.38. The zero-order valence-corrected chi connectivity index (χ0v) is 30.8. The van der Waals surface area contributed by atoms with Gasteiger partial charge >= 0.3 is 0 Å². The molecule has 1 unspecified atom stereocenters. The van der Waals surface area contributed by atoms with Gasteiger partial charge in [0.25, 0.3) is 0 Å². The van der Waals surface area contributed by atoms with Crippen LogP contribution in [0.25, 0.3) is 72.2 Å². The van der Waals surface area contributed by atoms with Gasteiger partial charge in [0, 0.05) is 22.4 Å². The molecule has 9 aromatic rings. The molecule has 0 fully saturated rings. The standard InChI is InChI=1S/C54H38N2/c1-5-14-37(15-6-1)39-24-28-43(29-25-39)51-34-45(35-52(56-51)44-30-26-40(27-31-44)38-16-7-2-8-17-38)46-22-13-23-48-47(46)32-33-50-54(48)49(41-18-9-3-10-19-41)36-53(55-50)42-20-11-4-12-21-42/h1-36,53,55H. The molecule has 56 heavy (non-hydrogen) atoms. The highest BCUT2D eigenvalue weighted by atomic mass is 14.9. The van der Waals surface area contributed by atoms with Gasteiger partial charge in [0.2, 0.25) is 0 Å². The summed E-state index contributed by atoms with van der Waals surface area (Å²) in [6.45, 7) is 0. The molecule has 0 spiro atoms. The molecular weight excluding hydrogens is 677 g/mol. The van der Waals surface area contributed by atoms with Gasteiger partial charge in [-0.05, 0) is 85.1 Å². The highest BCUT2D eigenvalue weighted by Crippen LogP contribution is 2.45. The second kappa shape index (κ2) is 14.5. The maximum atomic E-state index is 5.32. The van der Waals surface area contributed by atoms with E-state index in [4.69, 9.17) is 4.98 Å². The Morgan fingerprint density at radius 1 is 0.357 bits per heavy atom. The van der Waals surface area contributed by atoms with Crippen molar-refractivity contribution in [2.45, 2.75) is 6.04 Å². The minimum atomic E-state index is 0.0615. The number of nitrogens with one attached hydrogen (secondary N) is 1. The first-order valence-corrected chi connectivity index (χ1v) is 19.2. The van der Waals surface area contributed by atoms with Gasteiger partial charge in [0.15, 0.2) is 0 Å². The van der Waals surface area contributed by atoms with Crippen LogP contribution in [0.5, 0.6) is 0 Å². The maximum absolute atomic E-state index is 5.32. The molecule has 0 radical (unpaired) electrons. The summed E-state index contributed by atoms with van der Waals surface area (Å²) >= 11 is 0. The van der Waals surface area contributed by atoms with Crippen LogP contribution in [-0.2, 0) is 0 Å². The highest BCUT2D eigenvalue weighted by molar-refractivity contribution is 6.09. The van der Waals surface area contributed by atoms with E-state index in [1.54, 1.807) is 0 Å². The Kier molecular flexibility index (Phi) is 8.62. The van der Waals surface area contributed by atoms with E-state index in [1.165, 1.54) is 60.9 Å². The van der Waals surface area contributed by atoms with Crippen molar-refractivity contribution in [1.82, 2.24) is 4.98 Å². The molecule has 2 nitrogen and oxygen atoms in total. The van der Waals surface area contributed by atoms with Crippen molar-refractivity contribution in [3.63, 3.8) is 0 Å². The van der Waals surface area contributed by atoms with Gasteiger partial charge in [0.1, 0.15) is 0 Å². The van der Waals surface area contributed by atoms with E-state index in [0.29, 0.717) is 0 Å². The van der Waals surface area contributed by atoms with Crippen LogP contribution >= 0.6 is 0 Å². The predicted octanol–water partition coefficient (Wildman–Crippen LogP) is 14.2. The number of hydrogen-bond donors (Lipinski definition) is 1. The molecule has 1 N–H and O–H groups in total. The van der Waals surface area contributed by atoms with Crippen LogP contribution < -0.4 is 5.32 Å². The second-order valence-electron chi connectivity index (χ2n) is 14.4. The van der Waals surface area contributed by atoms with Crippen molar-refractivity contribution >= 4 is 22.0 Å². The second-order valence-corrected chi connectivity index (χ2v) is 14.4. The summed E-state index contributed by atoms with van der Waals surface area (Å²) in [5.41, 5.74) is 17.2. The lowest BCUT2D eigenvalue weighted by molar-refractivity contribution is 0.974. The van der Waals surface area contributed by atoms with Crippen LogP contribution in [0.4, 0.5) is 5.69 Å². The topological polar surface area (TPSA) is 24.9 Å². The van der Waals surface area contributed by atoms with E-state index >= 15 is 0 Å². The number of benzene rings is 8. The molecule has 0 aliphatic carbocycles. The molecule has 2 heteroatoms. The summed E-state index contributed by atoms with van der Waals surface area (Å²) in [4.78, 5) is 5.32. The van der Waals surface area contributed by atoms with Crippen LogP contribution in [-0.4, -0.2) is 4.98 Å². The average molecular weight is 715 g/mol. The first-order chi connectivity index (χ1) is 27.7. The number of rotatable bonds is 7. The van der Waals surface area contributed by atoms with Gasteiger partial charge in [0.05, 0.1) is 17.4 Å². The lowest BCUT2D eigenvalue weighted by Crippen LogP contribution is -2.15. The minimum Gasteiger partial charge on any atom is -0.374 e. The lowest BCUT2D eigenvalue weighted by Gasteiger charge is -2.29. The highest BCUT2D eigenvalue weighted by Gasteiger charge is 2.24. The summed E-state index contributed by atoms with van der Waals surface area (Å²) in [6, 6.07) is 76.0. The van der Waals surface area contributed by atoms with Gasteiger partial charge in [-0.2, -0.15) is 0 Å². The van der Waals surface area contributed by atoms with Crippen LogP contribution in [0.15, 0.2) is 218 Å². The Hall–Kier alpha value is -7.29. The number of hydrogen-bond acceptors (Lipinski definition) is 2. The Labute approximate surface area is 328 Å². The van der Waals surface area contributed by atoms with E-state index in [-0.39, 0.29) is 6.04 Å². The van der Waals surface area contributed by atoms with Crippen LogP contribution in [0, 0.1) is 0 Å². The third-order valence-electron chi connectivity index (χ3n) is 10.9. The van der Waals surface area contributed by atoms with Gasteiger partial charge in [-0.15, -0.1) is 0 Å². The first-order valence-electron chi connectivity index (χ1n) is 19.2. The quantitative estimate of drug-likeness (QED) is 0.178. The Bertz CT molecular complexity index is 2730. The van der Waals surface area contributed by atoms with Crippen molar-refractivity contribution in [1.29, 1.82) is 0 Å². The Balaban J connectivity index is 1.13. The van der Waals surface area contributed by atoms with Crippen LogP contribution in [0.1, 0.15) is 22.7 Å². The monoisotopic (exact) mass is 714 g/mol. The zero-order chi connectivity index (χ0) is 37.3. The molecule has 0 saturated heterocycles. The summed E-state index contributed by atoms with van der Waals surface area (Å²) < 4.78 is 0. The molecular formula is C54H38N2. The predicted molar refractivity (Wildman–Crippen MR) is 235 cm³/mol. The van der Waals surface area contributed by atoms with E-state index in [9.17, 15) is 0 Å². The number of aromatic nitrogens is 1. The Morgan fingerprint density at radius 3 is 1.39 bits per heavy atom. The summed E-state index contributed by atoms with van der Waals surface area (Å²) in [7, 11) is 0. The molecule has 1 atom stereocenters.